The molecule has 20 heavy (non-hydrogen) atoms. The van der Waals surface area contributed by atoms with Crippen LogP contribution in [0.4, 0.5) is 8.78 Å². The highest BCUT2D eigenvalue weighted by Gasteiger charge is 2.28. The van der Waals surface area contributed by atoms with Gasteiger partial charge < -0.3 is 15.5 Å². The first kappa shape index (κ1) is 15.4. The second kappa shape index (κ2) is 6.61. The largest absolute Gasteiger partial charge is 0.389 e. The van der Waals surface area contributed by atoms with Crippen LogP contribution in [0.2, 0.25) is 0 Å². The van der Waals surface area contributed by atoms with Gasteiger partial charge in [-0.1, -0.05) is 25.3 Å². The first-order chi connectivity index (χ1) is 9.50. The summed E-state index contributed by atoms with van der Waals surface area (Å²) in [6.45, 7) is 0.612. The van der Waals surface area contributed by atoms with Gasteiger partial charge in [-0.25, -0.2) is 8.78 Å². The maximum Gasteiger partial charge on any atom is 0.159 e. The van der Waals surface area contributed by atoms with Crippen LogP contribution in [-0.4, -0.2) is 28.9 Å². The fraction of sp³-hybridized carbons (Fsp3) is 0.600. The molecule has 3 N–H and O–H groups in total. The lowest BCUT2D eigenvalue weighted by molar-refractivity contribution is 0.00263. The Morgan fingerprint density at radius 1 is 1.15 bits per heavy atom. The first-order valence-electron chi connectivity index (χ1n) is 7.06. The number of nitrogens with one attached hydrogen (secondary N) is 1. The van der Waals surface area contributed by atoms with Crippen molar-refractivity contribution in [2.75, 3.05) is 13.1 Å². The minimum atomic E-state index is -0.965. The van der Waals surface area contributed by atoms with Gasteiger partial charge in [0.2, 0.25) is 0 Å². The third kappa shape index (κ3) is 3.98. The third-order valence-electron chi connectivity index (χ3n) is 3.90. The summed E-state index contributed by atoms with van der Waals surface area (Å²) in [6, 6.07) is 3.36. The highest BCUT2D eigenvalue weighted by Crippen LogP contribution is 2.27. The van der Waals surface area contributed by atoms with E-state index in [1.807, 2.05) is 0 Å². The highest BCUT2D eigenvalue weighted by atomic mass is 19.2. The number of hydrogen-bond acceptors (Lipinski definition) is 3. The second-order valence-electron chi connectivity index (χ2n) is 5.61. The van der Waals surface area contributed by atoms with E-state index in [9.17, 15) is 19.0 Å². The predicted molar refractivity (Wildman–Crippen MR) is 72.2 cm³/mol. The summed E-state index contributed by atoms with van der Waals surface area (Å²) in [5.41, 5.74) is -0.376. The molecule has 0 heterocycles. The van der Waals surface area contributed by atoms with Crippen molar-refractivity contribution in [3.05, 3.63) is 35.4 Å². The Morgan fingerprint density at radius 3 is 2.50 bits per heavy atom. The smallest absolute Gasteiger partial charge is 0.159 e. The summed E-state index contributed by atoms with van der Waals surface area (Å²) in [5.74, 6) is -1.89. The van der Waals surface area contributed by atoms with E-state index in [-0.39, 0.29) is 6.54 Å². The molecule has 0 aromatic heterocycles. The standard InChI is InChI=1S/C15H21F2NO2/c16-12-5-4-11(8-13(12)17)14(19)9-18-10-15(20)6-2-1-3-7-15/h4-5,8,14,18-20H,1-3,6-7,9-10H2. The molecule has 1 aromatic rings. The molecule has 0 aliphatic heterocycles. The summed E-state index contributed by atoms with van der Waals surface area (Å²) < 4.78 is 25.9. The van der Waals surface area contributed by atoms with Crippen molar-refractivity contribution in [1.82, 2.24) is 5.32 Å². The summed E-state index contributed by atoms with van der Waals surface area (Å²) in [5, 5.41) is 23.2. The zero-order valence-electron chi connectivity index (χ0n) is 11.4. The molecule has 0 amide bonds. The molecule has 0 radical (unpaired) electrons. The van der Waals surface area contributed by atoms with Crippen LogP contribution in [0.25, 0.3) is 0 Å². The van der Waals surface area contributed by atoms with Gasteiger partial charge in [-0.3, -0.25) is 0 Å². The van der Waals surface area contributed by atoms with Gasteiger partial charge in [0, 0.05) is 13.1 Å². The average molecular weight is 285 g/mol. The molecule has 1 aromatic carbocycles. The fourth-order valence-corrected chi connectivity index (χ4v) is 2.67. The monoisotopic (exact) mass is 285 g/mol. The van der Waals surface area contributed by atoms with Crippen LogP contribution in [0.5, 0.6) is 0 Å². The molecule has 3 nitrogen and oxygen atoms in total. The maximum atomic E-state index is 13.1. The Bertz CT molecular complexity index is 447. The minimum Gasteiger partial charge on any atom is -0.389 e. The SMILES string of the molecule is OC(CNCC1(O)CCCCC1)c1ccc(F)c(F)c1. The van der Waals surface area contributed by atoms with Crippen molar-refractivity contribution in [2.45, 2.75) is 43.8 Å². The topological polar surface area (TPSA) is 52.5 Å². The predicted octanol–water partition coefficient (Wildman–Crippen LogP) is 2.28. The van der Waals surface area contributed by atoms with E-state index in [2.05, 4.69) is 5.32 Å². The van der Waals surface area contributed by atoms with Gasteiger partial charge in [-0.15, -0.1) is 0 Å². The van der Waals surface area contributed by atoms with E-state index >= 15 is 0 Å². The molecule has 1 aliphatic carbocycles. The van der Waals surface area contributed by atoms with Crippen molar-refractivity contribution in [1.29, 1.82) is 0 Å². The average Bonchev–Trinajstić information content (AvgIpc) is 2.42. The number of halogens is 2. The van der Waals surface area contributed by atoms with Gasteiger partial charge in [-0.2, -0.15) is 0 Å². The summed E-state index contributed by atoms with van der Waals surface area (Å²) in [7, 11) is 0. The number of rotatable bonds is 5. The molecule has 0 spiro atoms. The molecular weight excluding hydrogens is 264 g/mol. The molecule has 112 valence electrons. The molecule has 1 atom stereocenters. The van der Waals surface area contributed by atoms with Crippen LogP contribution in [0, 0.1) is 11.6 Å². The van der Waals surface area contributed by atoms with E-state index in [1.165, 1.54) is 6.07 Å². The number of aliphatic hydroxyl groups is 2. The molecule has 1 unspecified atom stereocenters. The van der Waals surface area contributed by atoms with E-state index < -0.39 is 23.3 Å². The van der Waals surface area contributed by atoms with Gasteiger partial charge in [0.1, 0.15) is 0 Å². The van der Waals surface area contributed by atoms with Crippen molar-refractivity contribution in [3.8, 4) is 0 Å². The lowest BCUT2D eigenvalue weighted by atomic mass is 9.85. The van der Waals surface area contributed by atoms with Crippen LogP contribution in [0.15, 0.2) is 18.2 Å². The Balaban J connectivity index is 1.82. The Hall–Kier alpha value is -1.04. The van der Waals surface area contributed by atoms with Crippen LogP contribution < -0.4 is 5.32 Å². The highest BCUT2D eigenvalue weighted by molar-refractivity contribution is 5.20. The molecular formula is C15H21F2NO2. The van der Waals surface area contributed by atoms with E-state index in [1.54, 1.807) is 0 Å². The van der Waals surface area contributed by atoms with Crippen LogP contribution in [0.1, 0.15) is 43.8 Å². The molecule has 0 saturated heterocycles. The zero-order chi connectivity index (χ0) is 14.6. The van der Waals surface area contributed by atoms with Gasteiger partial charge in [-0.05, 0) is 30.5 Å². The number of aliphatic hydroxyl groups excluding tert-OH is 1. The van der Waals surface area contributed by atoms with Gasteiger partial charge in [0.25, 0.3) is 0 Å². The molecule has 5 heteroatoms. The summed E-state index contributed by atoms with van der Waals surface area (Å²) in [4.78, 5) is 0. The van der Waals surface area contributed by atoms with Crippen molar-refractivity contribution in [3.63, 3.8) is 0 Å². The lowest BCUT2D eigenvalue weighted by Gasteiger charge is -2.32. The van der Waals surface area contributed by atoms with Gasteiger partial charge in [0.05, 0.1) is 11.7 Å². The second-order valence-corrected chi connectivity index (χ2v) is 5.61. The lowest BCUT2D eigenvalue weighted by Crippen LogP contribution is -2.43. The number of benzene rings is 1. The maximum absolute atomic E-state index is 13.1. The van der Waals surface area contributed by atoms with Crippen molar-refractivity contribution in [2.24, 2.45) is 0 Å². The molecule has 1 aliphatic rings. The molecule has 0 bridgehead atoms. The Morgan fingerprint density at radius 2 is 1.85 bits per heavy atom. The van der Waals surface area contributed by atoms with Crippen LogP contribution in [0.3, 0.4) is 0 Å². The van der Waals surface area contributed by atoms with E-state index in [4.69, 9.17) is 0 Å². The summed E-state index contributed by atoms with van der Waals surface area (Å²) in [6.07, 6.45) is 3.80. The Labute approximate surface area is 117 Å². The van der Waals surface area contributed by atoms with E-state index in [0.29, 0.717) is 12.1 Å². The number of hydrogen-bond donors (Lipinski definition) is 3. The fourth-order valence-electron chi connectivity index (χ4n) is 2.67. The molecule has 1 fully saturated rings. The minimum absolute atomic E-state index is 0.202. The Kier molecular flexibility index (Phi) is 5.07. The van der Waals surface area contributed by atoms with Gasteiger partial charge >= 0.3 is 0 Å². The molecule has 2 rings (SSSR count). The van der Waals surface area contributed by atoms with Crippen molar-refractivity contribution < 1.29 is 19.0 Å². The van der Waals surface area contributed by atoms with Crippen LogP contribution in [-0.2, 0) is 0 Å². The first-order valence-corrected chi connectivity index (χ1v) is 7.06. The van der Waals surface area contributed by atoms with Gasteiger partial charge in [0.15, 0.2) is 11.6 Å². The normalized spacial score (nSPS) is 19.8. The zero-order valence-corrected chi connectivity index (χ0v) is 11.4. The molecule has 1 saturated carbocycles. The van der Waals surface area contributed by atoms with Crippen LogP contribution >= 0.6 is 0 Å². The quantitative estimate of drug-likeness (QED) is 0.778. The van der Waals surface area contributed by atoms with E-state index in [0.717, 1.165) is 44.2 Å². The summed E-state index contributed by atoms with van der Waals surface area (Å²) >= 11 is 0. The van der Waals surface area contributed by atoms with Crippen molar-refractivity contribution >= 4 is 0 Å². The third-order valence-corrected chi connectivity index (χ3v) is 3.90.